The molecule has 2 heterocycles. The molecule has 1 amide bonds. The Bertz CT molecular complexity index is 489. The van der Waals surface area contributed by atoms with Gasteiger partial charge in [0.2, 0.25) is 11.8 Å². The molecule has 2 fully saturated rings. The molecule has 0 unspecified atom stereocenters. The highest BCUT2D eigenvalue weighted by atomic mass is 16.5. The molecular formula is C17H25N3O2. The molecule has 0 radical (unpaired) electrons. The lowest BCUT2D eigenvalue weighted by atomic mass is 9.88. The molecule has 0 atom stereocenters. The average Bonchev–Trinajstić information content (AvgIpc) is 2.58. The molecular weight excluding hydrogens is 278 g/mol. The van der Waals surface area contributed by atoms with Crippen LogP contribution in [0, 0.1) is 12.8 Å². The number of hydrogen-bond donors (Lipinski definition) is 0. The van der Waals surface area contributed by atoms with Gasteiger partial charge in [0.25, 0.3) is 0 Å². The van der Waals surface area contributed by atoms with Crippen LogP contribution in [0.5, 0.6) is 5.88 Å². The lowest BCUT2D eigenvalue weighted by Gasteiger charge is -2.35. The van der Waals surface area contributed by atoms with Crippen molar-refractivity contribution in [2.24, 2.45) is 5.92 Å². The first kappa shape index (κ1) is 15.3. The fourth-order valence-electron chi connectivity index (χ4n) is 3.42. The molecule has 2 aliphatic rings. The van der Waals surface area contributed by atoms with Gasteiger partial charge in [-0.2, -0.15) is 5.10 Å². The number of nitrogens with zero attached hydrogens (tertiary/aromatic N) is 3. The Labute approximate surface area is 132 Å². The molecule has 0 N–H and O–H groups in total. The number of aryl methyl sites for hydroxylation is 1. The molecule has 1 aliphatic heterocycles. The maximum atomic E-state index is 12.5. The molecule has 5 nitrogen and oxygen atoms in total. The lowest BCUT2D eigenvalue weighted by molar-refractivity contribution is -0.138. The number of aromatic nitrogens is 2. The smallest absolute Gasteiger partial charge is 0.233 e. The zero-order valence-corrected chi connectivity index (χ0v) is 13.3. The van der Waals surface area contributed by atoms with E-state index in [1.807, 2.05) is 24.0 Å². The fourth-order valence-corrected chi connectivity index (χ4v) is 3.42. The van der Waals surface area contributed by atoms with Crippen molar-refractivity contribution in [2.75, 3.05) is 13.1 Å². The van der Waals surface area contributed by atoms with Crippen molar-refractivity contribution in [3.05, 3.63) is 17.8 Å². The number of hydrogen-bond acceptors (Lipinski definition) is 4. The summed E-state index contributed by atoms with van der Waals surface area (Å²) in [6, 6.07) is 3.77. The van der Waals surface area contributed by atoms with Gasteiger partial charge in [-0.15, -0.1) is 5.10 Å². The van der Waals surface area contributed by atoms with Crippen LogP contribution in [0.2, 0.25) is 0 Å². The normalized spacial score (nSPS) is 20.9. The van der Waals surface area contributed by atoms with Crippen LogP contribution in [0.25, 0.3) is 0 Å². The maximum Gasteiger partial charge on any atom is 0.233 e. The van der Waals surface area contributed by atoms with Gasteiger partial charge in [-0.3, -0.25) is 4.79 Å². The summed E-state index contributed by atoms with van der Waals surface area (Å²) in [7, 11) is 0. The van der Waals surface area contributed by atoms with Crippen molar-refractivity contribution in [3.8, 4) is 5.88 Å². The summed E-state index contributed by atoms with van der Waals surface area (Å²) in [5, 5.41) is 8.06. The second-order valence-electron chi connectivity index (χ2n) is 6.49. The molecule has 5 heteroatoms. The van der Waals surface area contributed by atoms with Gasteiger partial charge in [0.05, 0.1) is 5.69 Å². The first-order chi connectivity index (χ1) is 10.7. The summed E-state index contributed by atoms with van der Waals surface area (Å²) in [5.74, 6) is 1.23. The lowest BCUT2D eigenvalue weighted by Crippen LogP contribution is -2.44. The Kier molecular flexibility index (Phi) is 4.90. The first-order valence-electron chi connectivity index (χ1n) is 8.48. The van der Waals surface area contributed by atoms with Crippen molar-refractivity contribution in [1.82, 2.24) is 15.1 Å². The van der Waals surface area contributed by atoms with E-state index in [1.165, 1.54) is 19.3 Å². The summed E-state index contributed by atoms with van der Waals surface area (Å²) in [5.41, 5.74) is 0.889. The second-order valence-corrected chi connectivity index (χ2v) is 6.49. The van der Waals surface area contributed by atoms with E-state index in [-0.39, 0.29) is 12.0 Å². The molecule has 22 heavy (non-hydrogen) atoms. The van der Waals surface area contributed by atoms with Gasteiger partial charge >= 0.3 is 0 Å². The largest absolute Gasteiger partial charge is 0.473 e. The van der Waals surface area contributed by atoms with Gasteiger partial charge in [0.15, 0.2) is 0 Å². The van der Waals surface area contributed by atoms with Crippen LogP contribution >= 0.6 is 0 Å². The number of carbonyl (C=O) groups is 1. The van der Waals surface area contributed by atoms with Crippen LogP contribution in [0.3, 0.4) is 0 Å². The summed E-state index contributed by atoms with van der Waals surface area (Å²) < 4.78 is 5.87. The van der Waals surface area contributed by atoms with E-state index < -0.39 is 0 Å². The minimum absolute atomic E-state index is 0.146. The molecule has 3 rings (SSSR count). The van der Waals surface area contributed by atoms with Crippen molar-refractivity contribution >= 4 is 5.91 Å². The van der Waals surface area contributed by atoms with E-state index in [9.17, 15) is 4.79 Å². The molecule has 1 aromatic heterocycles. The van der Waals surface area contributed by atoms with Gasteiger partial charge in [0, 0.05) is 37.9 Å². The van der Waals surface area contributed by atoms with Gasteiger partial charge in [0.1, 0.15) is 6.10 Å². The quantitative estimate of drug-likeness (QED) is 0.861. The van der Waals surface area contributed by atoms with Crippen LogP contribution < -0.4 is 4.74 Å². The second kappa shape index (κ2) is 7.07. The van der Waals surface area contributed by atoms with Crippen molar-refractivity contribution in [3.63, 3.8) is 0 Å². The number of carbonyl (C=O) groups excluding carboxylic acids is 1. The molecule has 1 aliphatic carbocycles. The highest BCUT2D eigenvalue weighted by Gasteiger charge is 2.29. The number of rotatable bonds is 3. The van der Waals surface area contributed by atoms with Gasteiger partial charge in [-0.05, 0) is 25.8 Å². The summed E-state index contributed by atoms with van der Waals surface area (Å²) in [4.78, 5) is 14.6. The fraction of sp³-hybridized carbons (Fsp3) is 0.706. The van der Waals surface area contributed by atoms with Crippen molar-refractivity contribution < 1.29 is 9.53 Å². The minimum atomic E-state index is 0.146. The van der Waals surface area contributed by atoms with Crippen molar-refractivity contribution in [2.45, 2.75) is 58.0 Å². The van der Waals surface area contributed by atoms with Crippen LogP contribution in [0.15, 0.2) is 12.1 Å². The number of amides is 1. The van der Waals surface area contributed by atoms with Crippen LogP contribution in [-0.2, 0) is 4.79 Å². The van der Waals surface area contributed by atoms with E-state index in [1.54, 1.807) is 0 Å². The Balaban J connectivity index is 1.47. The van der Waals surface area contributed by atoms with E-state index in [0.29, 0.717) is 11.8 Å². The molecule has 1 saturated carbocycles. The Morgan fingerprint density at radius 2 is 1.82 bits per heavy atom. The monoisotopic (exact) mass is 303 g/mol. The van der Waals surface area contributed by atoms with Gasteiger partial charge in [-0.1, -0.05) is 19.3 Å². The third-order valence-electron chi connectivity index (χ3n) is 4.77. The molecule has 0 bridgehead atoms. The summed E-state index contributed by atoms with van der Waals surface area (Å²) in [6.45, 7) is 3.52. The SMILES string of the molecule is Cc1ccc(OC2CCN(C(=O)C3CCCCC3)CC2)nn1. The highest BCUT2D eigenvalue weighted by molar-refractivity contribution is 5.79. The number of likely N-dealkylation sites (tertiary alicyclic amines) is 1. The zero-order chi connectivity index (χ0) is 15.4. The predicted octanol–water partition coefficient (Wildman–Crippen LogP) is 2.74. The topological polar surface area (TPSA) is 55.3 Å². The molecule has 1 saturated heterocycles. The van der Waals surface area contributed by atoms with E-state index in [4.69, 9.17) is 4.74 Å². The third kappa shape index (κ3) is 3.76. The molecule has 0 aromatic carbocycles. The van der Waals surface area contributed by atoms with Crippen LogP contribution in [0.1, 0.15) is 50.6 Å². The minimum Gasteiger partial charge on any atom is -0.473 e. The maximum absolute atomic E-state index is 12.5. The van der Waals surface area contributed by atoms with Gasteiger partial charge < -0.3 is 9.64 Å². The molecule has 0 spiro atoms. The first-order valence-corrected chi connectivity index (χ1v) is 8.48. The Morgan fingerprint density at radius 1 is 1.09 bits per heavy atom. The highest BCUT2D eigenvalue weighted by Crippen LogP contribution is 2.27. The average molecular weight is 303 g/mol. The standard InChI is InChI=1S/C17H25N3O2/c1-13-7-8-16(19-18-13)22-15-9-11-20(12-10-15)17(21)14-5-3-2-4-6-14/h7-8,14-15H,2-6,9-12H2,1H3. The van der Waals surface area contributed by atoms with Crippen LogP contribution in [0.4, 0.5) is 0 Å². The van der Waals surface area contributed by atoms with E-state index in [2.05, 4.69) is 10.2 Å². The summed E-state index contributed by atoms with van der Waals surface area (Å²) in [6.07, 6.45) is 7.78. The van der Waals surface area contributed by atoms with Gasteiger partial charge in [-0.25, -0.2) is 0 Å². The Morgan fingerprint density at radius 3 is 2.45 bits per heavy atom. The predicted molar refractivity (Wildman–Crippen MR) is 83.6 cm³/mol. The van der Waals surface area contributed by atoms with E-state index in [0.717, 1.165) is 44.5 Å². The summed E-state index contributed by atoms with van der Waals surface area (Å²) >= 11 is 0. The Hall–Kier alpha value is -1.65. The number of piperidine rings is 1. The number of ether oxygens (including phenoxy) is 1. The third-order valence-corrected chi connectivity index (χ3v) is 4.77. The zero-order valence-electron chi connectivity index (χ0n) is 13.3. The van der Waals surface area contributed by atoms with E-state index >= 15 is 0 Å². The molecule has 1 aromatic rings. The van der Waals surface area contributed by atoms with Crippen molar-refractivity contribution in [1.29, 1.82) is 0 Å². The molecule has 120 valence electrons. The van der Waals surface area contributed by atoms with Crippen LogP contribution in [-0.4, -0.2) is 40.2 Å².